The monoisotopic (exact) mass is 291 g/mol. The minimum atomic E-state index is -0.819. The molecule has 0 atom stereocenters. The average Bonchev–Trinajstić information content (AvgIpc) is 2.48. The number of hydrogen-bond acceptors (Lipinski definition) is 3. The number of carbonyl (C=O) groups excluding carboxylic acids is 1. The van der Waals surface area contributed by atoms with Crippen molar-refractivity contribution in [3.63, 3.8) is 0 Å². The predicted octanol–water partition coefficient (Wildman–Crippen LogP) is 3.35. The molecule has 4 nitrogen and oxygen atoms in total. The Labute approximate surface area is 121 Å². The molecule has 110 valence electrons. The van der Waals surface area contributed by atoms with Gasteiger partial charge in [0, 0.05) is 18.9 Å². The third-order valence-electron chi connectivity index (χ3n) is 2.96. The number of nitrogens with one attached hydrogen (secondary N) is 2. The summed E-state index contributed by atoms with van der Waals surface area (Å²) in [5, 5.41) is 5.26. The van der Waals surface area contributed by atoms with Crippen molar-refractivity contribution in [2.24, 2.45) is 0 Å². The maximum absolute atomic E-state index is 13.9. The molecule has 0 unspecified atom stereocenters. The molecule has 0 bridgehead atoms. The summed E-state index contributed by atoms with van der Waals surface area (Å²) in [5.74, 6) is -2.22. The Kier molecular flexibility index (Phi) is 4.47. The molecule has 0 aliphatic heterocycles. The summed E-state index contributed by atoms with van der Waals surface area (Å²) in [7, 11) is 0. The first-order valence-electron chi connectivity index (χ1n) is 6.48. The summed E-state index contributed by atoms with van der Waals surface area (Å²) in [6.07, 6.45) is 2.88. The molecular weight excluding hydrogens is 276 g/mol. The van der Waals surface area contributed by atoms with E-state index in [1.807, 2.05) is 6.92 Å². The summed E-state index contributed by atoms with van der Waals surface area (Å²) < 4.78 is 27.6. The van der Waals surface area contributed by atoms with Crippen molar-refractivity contribution in [3.05, 3.63) is 53.4 Å². The van der Waals surface area contributed by atoms with Crippen LogP contribution < -0.4 is 10.6 Å². The van der Waals surface area contributed by atoms with E-state index in [4.69, 9.17) is 0 Å². The van der Waals surface area contributed by atoms with Gasteiger partial charge in [-0.05, 0) is 31.5 Å². The molecule has 0 aliphatic carbocycles. The first-order chi connectivity index (χ1) is 10.0. The van der Waals surface area contributed by atoms with Crippen LogP contribution in [-0.2, 0) is 0 Å². The van der Waals surface area contributed by atoms with Crippen LogP contribution in [0.15, 0.2) is 30.6 Å². The lowest BCUT2D eigenvalue weighted by molar-refractivity contribution is 0.102. The largest absolute Gasteiger partial charge is 0.385 e. The fourth-order valence-electron chi connectivity index (χ4n) is 1.87. The van der Waals surface area contributed by atoms with Crippen molar-refractivity contribution in [3.8, 4) is 0 Å². The molecule has 0 aliphatic rings. The minimum absolute atomic E-state index is 0.222. The van der Waals surface area contributed by atoms with Gasteiger partial charge in [0.15, 0.2) is 5.82 Å². The van der Waals surface area contributed by atoms with E-state index in [9.17, 15) is 13.6 Å². The quantitative estimate of drug-likeness (QED) is 0.908. The van der Waals surface area contributed by atoms with Gasteiger partial charge >= 0.3 is 0 Å². The highest BCUT2D eigenvalue weighted by Gasteiger charge is 2.17. The Balaban J connectivity index is 2.33. The molecule has 0 fully saturated rings. The molecule has 1 amide bonds. The lowest BCUT2D eigenvalue weighted by atomic mass is 10.1. The van der Waals surface area contributed by atoms with Gasteiger partial charge in [-0.15, -0.1) is 0 Å². The Hall–Kier alpha value is -2.50. The number of rotatable bonds is 4. The molecule has 1 heterocycles. The zero-order chi connectivity index (χ0) is 15.4. The highest BCUT2D eigenvalue weighted by Crippen LogP contribution is 2.23. The van der Waals surface area contributed by atoms with Crippen LogP contribution >= 0.6 is 0 Å². The van der Waals surface area contributed by atoms with Crippen LogP contribution in [0.4, 0.5) is 20.2 Å². The standard InChI is InChI=1S/C15H15F2N3O/c1-3-19-12-6-7-18-8-10(12)15(21)20-14-11(16)5-4-9(2)13(14)17/h4-8H,3H2,1-2H3,(H,18,19)(H,20,21). The van der Waals surface area contributed by atoms with Crippen molar-refractivity contribution < 1.29 is 13.6 Å². The molecule has 1 aromatic carbocycles. The Morgan fingerprint density at radius 1 is 1.29 bits per heavy atom. The summed E-state index contributed by atoms with van der Waals surface area (Å²) >= 11 is 0. The molecule has 21 heavy (non-hydrogen) atoms. The molecule has 2 N–H and O–H groups in total. The average molecular weight is 291 g/mol. The first kappa shape index (κ1) is 14.9. The normalized spacial score (nSPS) is 10.3. The van der Waals surface area contributed by atoms with Crippen LogP contribution in [0, 0.1) is 18.6 Å². The number of nitrogens with zero attached hydrogens (tertiary/aromatic N) is 1. The lowest BCUT2D eigenvalue weighted by Crippen LogP contribution is -2.17. The Morgan fingerprint density at radius 2 is 2.05 bits per heavy atom. The molecule has 1 aromatic heterocycles. The van der Waals surface area contributed by atoms with E-state index < -0.39 is 23.2 Å². The summed E-state index contributed by atoms with van der Waals surface area (Å²) in [6.45, 7) is 3.98. The zero-order valence-electron chi connectivity index (χ0n) is 11.7. The Bertz CT molecular complexity index is 674. The molecule has 2 rings (SSSR count). The van der Waals surface area contributed by atoms with Crippen molar-refractivity contribution in [2.75, 3.05) is 17.2 Å². The first-order valence-corrected chi connectivity index (χ1v) is 6.48. The van der Waals surface area contributed by atoms with Gasteiger partial charge in [0.25, 0.3) is 5.91 Å². The molecule has 2 aromatic rings. The third-order valence-corrected chi connectivity index (χ3v) is 2.96. The van der Waals surface area contributed by atoms with Gasteiger partial charge < -0.3 is 10.6 Å². The summed E-state index contributed by atoms with van der Waals surface area (Å²) in [5.41, 5.74) is 0.578. The van der Waals surface area contributed by atoms with Crippen LogP contribution in [0.3, 0.4) is 0 Å². The van der Waals surface area contributed by atoms with Gasteiger partial charge in [-0.1, -0.05) is 6.07 Å². The number of amides is 1. The summed E-state index contributed by atoms with van der Waals surface area (Å²) in [6, 6.07) is 4.05. The van der Waals surface area contributed by atoms with E-state index >= 15 is 0 Å². The SMILES string of the molecule is CCNc1ccncc1C(=O)Nc1c(F)ccc(C)c1F. The van der Waals surface area contributed by atoms with E-state index in [0.29, 0.717) is 12.2 Å². The molecule has 0 spiro atoms. The second-order valence-corrected chi connectivity index (χ2v) is 4.46. The number of carbonyl (C=O) groups is 1. The second-order valence-electron chi connectivity index (χ2n) is 4.46. The van der Waals surface area contributed by atoms with Gasteiger partial charge in [0.2, 0.25) is 0 Å². The number of aromatic nitrogens is 1. The summed E-state index contributed by atoms with van der Waals surface area (Å²) in [4.78, 5) is 16.1. The number of pyridine rings is 1. The molecule has 0 saturated heterocycles. The van der Waals surface area contributed by atoms with E-state index in [0.717, 1.165) is 6.07 Å². The number of anilines is 2. The van der Waals surface area contributed by atoms with E-state index in [1.165, 1.54) is 25.4 Å². The molecular formula is C15H15F2N3O. The lowest BCUT2D eigenvalue weighted by Gasteiger charge is -2.12. The van der Waals surface area contributed by atoms with Crippen LogP contribution in [0.1, 0.15) is 22.8 Å². The van der Waals surface area contributed by atoms with Crippen molar-refractivity contribution in [1.82, 2.24) is 4.98 Å². The fraction of sp³-hybridized carbons (Fsp3) is 0.200. The van der Waals surface area contributed by atoms with E-state index in [2.05, 4.69) is 15.6 Å². The van der Waals surface area contributed by atoms with Gasteiger partial charge in [-0.2, -0.15) is 0 Å². The smallest absolute Gasteiger partial charge is 0.259 e. The van der Waals surface area contributed by atoms with Gasteiger partial charge in [0.05, 0.1) is 11.3 Å². The maximum atomic E-state index is 13.9. The van der Waals surface area contributed by atoms with Crippen molar-refractivity contribution in [2.45, 2.75) is 13.8 Å². The second kappa shape index (κ2) is 6.30. The highest BCUT2D eigenvalue weighted by molar-refractivity contribution is 6.07. The molecule has 6 heteroatoms. The molecule has 0 radical (unpaired) electrons. The van der Waals surface area contributed by atoms with E-state index in [-0.39, 0.29) is 11.1 Å². The van der Waals surface area contributed by atoms with Crippen molar-refractivity contribution in [1.29, 1.82) is 0 Å². The maximum Gasteiger partial charge on any atom is 0.259 e. The Morgan fingerprint density at radius 3 is 2.76 bits per heavy atom. The van der Waals surface area contributed by atoms with Gasteiger partial charge in [-0.25, -0.2) is 8.78 Å². The topological polar surface area (TPSA) is 54.0 Å². The highest BCUT2D eigenvalue weighted by atomic mass is 19.1. The van der Waals surface area contributed by atoms with Crippen LogP contribution in [0.25, 0.3) is 0 Å². The number of benzene rings is 1. The number of hydrogen-bond donors (Lipinski definition) is 2. The minimum Gasteiger partial charge on any atom is -0.385 e. The van der Waals surface area contributed by atoms with E-state index in [1.54, 1.807) is 6.07 Å². The fourth-order valence-corrected chi connectivity index (χ4v) is 1.87. The number of aryl methyl sites for hydroxylation is 1. The third kappa shape index (κ3) is 3.16. The molecule has 0 saturated carbocycles. The van der Waals surface area contributed by atoms with Crippen LogP contribution in [-0.4, -0.2) is 17.4 Å². The van der Waals surface area contributed by atoms with Crippen LogP contribution in [0.5, 0.6) is 0 Å². The predicted molar refractivity (Wildman–Crippen MR) is 77.4 cm³/mol. The number of halogens is 2. The van der Waals surface area contributed by atoms with Gasteiger partial charge in [-0.3, -0.25) is 9.78 Å². The van der Waals surface area contributed by atoms with Crippen LogP contribution in [0.2, 0.25) is 0 Å². The zero-order valence-corrected chi connectivity index (χ0v) is 11.7. The van der Waals surface area contributed by atoms with Crippen molar-refractivity contribution >= 4 is 17.3 Å². The van der Waals surface area contributed by atoms with Gasteiger partial charge in [0.1, 0.15) is 11.5 Å².